The van der Waals surface area contributed by atoms with E-state index in [1.807, 2.05) is 0 Å². The Morgan fingerprint density at radius 2 is 1.86 bits per heavy atom. The number of hydrogen-bond acceptors (Lipinski definition) is 2. The lowest BCUT2D eigenvalue weighted by Crippen LogP contribution is -2.39. The molecule has 0 bridgehead atoms. The molecule has 2 amide bonds. The number of urea groups is 1. The second-order valence-corrected chi connectivity index (χ2v) is 7.02. The summed E-state index contributed by atoms with van der Waals surface area (Å²) < 4.78 is 0. The van der Waals surface area contributed by atoms with E-state index in [2.05, 4.69) is 22.5 Å². The molecule has 0 radical (unpaired) electrons. The van der Waals surface area contributed by atoms with Crippen LogP contribution < -0.4 is 10.6 Å². The van der Waals surface area contributed by atoms with Gasteiger partial charge in [-0.15, -0.1) is 0 Å². The second-order valence-electron chi connectivity index (χ2n) is 7.02. The van der Waals surface area contributed by atoms with E-state index in [1.54, 1.807) is 0 Å². The van der Waals surface area contributed by atoms with Crippen LogP contribution in [-0.2, 0) is 0 Å². The Morgan fingerprint density at radius 3 is 2.62 bits per heavy atom. The lowest BCUT2D eigenvalue weighted by Gasteiger charge is -2.30. The highest BCUT2D eigenvalue weighted by atomic mass is 16.2. The van der Waals surface area contributed by atoms with E-state index in [0.717, 1.165) is 44.3 Å². The molecular weight excluding hydrogens is 262 g/mol. The molecule has 0 spiro atoms. The van der Waals surface area contributed by atoms with Crippen LogP contribution in [0, 0.1) is 11.8 Å². The van der Waals surface area contributed by atoms with Crippen molar-refractivity contribution >= 4 is 6.03 Å². The minimum atomic E-state index is 0.0139. The normalized spacial score (nSPS) is 24.1. The first-order valence-corrected chi connectivity index (χ1v) is 8.98. The highest BCUT2D eigenvalue weighted by molar-refractivity contribution is 5.73. The molecule has 4 heteroatoms. The summed E-state index contributed by atoms with van der Waals surface area (Å²) in [6.45, 7) is 7.54. The number of amides is 2. The van der Waals surface area contributed by atoms with Crippen LogP contribution in [-0.4, -0.2) is 43.7 Å². The molecule has 2 aliphatic rings. The number of hydrogen-bond donors (Lipinski definition) is 2. The van der Waals surface area contributed by atoms with Gasteiger partial charge in [0.25, 0.3) is 0 Å². The molecule has 2 fully saturated rings. The van der Waals surface area contributed by atoms with Crippen LogP contribution in [0.3, 0.4) is 0 Å². The van der Waals surface area contributed by atoms with E-state index in [4.69, 9.17) is 0 Å². The molecule has 1 unspecified atom stereocenters. The molecule has 0 aromatic carbocycles. The number of likely N-dealkylation sites (tertiary alicyclic amines) is 1. The van der Waals surface area contributed by atoms with Crippen molar-refractivity contribution in [3.63, 3.8) is 0 Å². The molecule has 1 saturated heterocycles. The van der Waals surface area contributed by atoms with Gasteiger partial charge < -0.3 is 15.5 Å². The Morgan fingerprint density at radius 1 is 1.10 bits per heavy atom. The van der Waals surface area contributed by atoms with Crippen molar-refractivity contribution in [3.05, 3.63) is 0 Å². The Balaban J connectivity index is 1.43. The minimum Gasteiger partial charge on any atom is -0.338 e. The molecule has 1 saturated carbocycles. The molecule has 0 aromatic rings. The van der Waals surface area contributed by atoms with Gasteiger partial charge in [0.05, 0.1) is 0 Å². The van der Waals surface area contributed by atoms with Gasteiger partial charge in [0.15, 0.2) is 0 Å². The van der Waals surface area contributed by atoms with Crippen LogP contribution in [0.15, 0.2) is 0 Å². The Bertz CT molecular complexity index is 302. The third-order valence-corrected chi connectivity index (χ3v) is 4.99. The summed E-state index contributed by atoms with van der Waals surface area (Å²) in [7, 11) is 0. The summed E-state index contributed by atoms with van der Waals surface area (Å²) in [6, 6.07) is 0.0139. The van der Waals surface area contributed by atoms with Gasteiger partial charge in [-0.25, -0.2) is 4.79 Å². The van der Waals surface area contributed by atoms with Crippen LogP contribution in [0.5, 0.6) is 0 Å². The zero-order valence-electron chi connectivity index (χ0n) is 13.7. The Labute approximate surface area is 130 Å². The summed E-state index contributed by atoms with van der Waals surface area (Å²) >= 11 is 0. The van der Waals surface area contributed by atoms with Crippen LogP contribution in [0.4, 0.5) is 4.79 Å². The van der Waals surface area contributed by atoms with Gasteiger partial charge in [-0.3, -0.25) is 0 Å². The third-order valence-electron chi connectivity index (χ3n) is 4.99. The molecule has 1 aliphatic carbocycles. The maximum atomic E-state index is 11.7. The highest BCUT2D eigenvalue weighted by Gasteiger charge is 2.16. The van der Waals surface area contributed by atoms with E-state index in [9.17, 15) is 4.79 Å². The smallest absolute Gasteiger partial charge is 0.314 e. The Kier molecular flexibility index (Phi) is 7.34. The molecular formula is C17H33N3O. The predicted molar refractivity (Wildman–Crippen MR) is 87.4 cm³/mol. The number of carbonyl (C=O) groups is 1. The first-order valence-electron chi connectivity index (χ1n) is 8.98. The first-order chi connectivity index (χ1) is 10.2. The van der Waals surface area contributed by atoms with Crippen LogP contribution in [0.1, 0.15) is 58.3 Å². The van der Waals surface area contributed by atoms with Gasteiger partial charge in [0.2, 0.25) is 0 Å². The summed E-state index contributed by atoms with van der Waals surface area (Å²) in [5.74, 6) is 1.69. The van der Waals surface area contributed by atoms with Gasteiger partial charge in [-0.1, -0.05) is 32.6 Å². The van der Waals surface area contributed by atoms with Crippen molar-refractivity contribution in [3.8, 4) is 0 Å². The minimum absolute atomic E-state index is 0.0139. The fraction of sp³-hybridized carbons (Fsp3) is 0.941. The van der Waals surface area contributed by atoms with Crippen molar-refractivity contribution < 1.29 is 4.79 Å². The average molecular weight is 295 g/mol. The zero-order valence-corrected chi connectivity index (χ0v) is 13.7. The number of nitrogens with one attached hydrogen (secondary N) is 2. The van der Waals surface area contributed by atoms with Crippen LogP contribution in [0.2, 0.25) is 0 Å². The highest BCUT2D eigenvalue weighted by Crippen LogP contribution is 2.26. The molecule has 2 N–H and O–H groups in total. The van der Waals surface area contributed by atoms with E-state index < -0.39 is 0 Å². The second kappa shape index (κ2) is 9.29. The topological polar surface area (TPSA) is 44.4 Å². The van der Waals surface area contributed by atoms with Gasteiger partial charge in [0, 0.05) is 19.6 Å². The largest absolute Gasteiger partial charge is 0.338 e. The lowest BCUT2D eigenvalue weighted by molar-refractivity contribution is 0.181. The molecule has 2 rings (SSSR count). The van der Waals surface area contributed by atoms with Crippen molar-refractivity contribution in [1.29, 1.82) is 0 Å². The van der Waals surface area contributed by atoms with E-state index in [-0.39, 0.29) is 6.03 Å². The summed E-state index contributed by atoms with van der Waals surface area (Å²) in [5.41, 5.74) is 0. The molecule has 0 aromatic heterocycles. The molecule has 1 heterocycles. The van der Waals surface area contributed by atoms with Gasteiger partial charge in [-0.05, 0) is 50.6 Å². The van der Waals surface area contributed by atoms with Crippen molar-refractivity contribution in [2.45, 2.75) is 58.3 Å². The summed E-state index contributed by atoms with van der Waals surface area (Å²) in [6.07, 6.45) is 10.4. The first kappa shape index (κ1) is 16.6. The Hall–Kier alpha value is -0.770. The molecule has 21 heavy (non-hydrogen) atoms. The number of carbonyl (C=O) groups excluding carboxylic acids is 1. The molecule has 1 aliphatic heterocycles. The van der Waals surface area contributed by atoms with Gasteiger partial charge in [0.1, 0.15) is 0 Å². The van der Waals surface area contributed by atoms with Crippen molar-refractivity contribution in [2.75, 3.05) is 32.7 Å². The predicted octanol–water partition coefficient (Wildman–Crippen LogP) is 2.99. The maximum absolute atomic E-state index is 11.7. The zero-order chi connectivity index (χ0) is 14.9. The fourth-order valence-electron chi connectivity index (χ4n) is 3.75. The van der Waals surface area contributed by atoms with Crippen LogP contribution >= 0.6 is 0 Å². The van der Waals surface area contributed by atoms with Crippen LogP contribution in [0.25, 0.3) is 0 Å². The fourth-order valence-corrected chi connectivity index (χ4v) is 3.75. The SMILES string of the molecule is CC1CCCN(CCCNC(=O)NCCC2CCCC2)C1. The lowest BCUT2D eigenvalue weighted by atomic mass is 10.0. The quantitative estimate of drug-likeness (QED) is 0.709. The summed E-state index contributed by atoms with van der Waals surface area (Å²) in [4.78, 5) is 14.2. The van der Waals surface area contributed by atoms with E-state index in [0.29, 0.717) is 0 Å². The maximum Gasteiger partial charge on any atom is 0.314 e. The number of rotatable bonds is 7. The molecule has 4 nitrogen and oxygen atoms in total. The number of nitrogens with zero attached hydrogens (tertiary/aromatic N) is 1. The van der Waals surface area contributed by atoms with Crippen molar-refractivity contribution in [2.24, 2.45) is 11.8 Å². The standard InChI is InChI=1S/C17H33N3O/c1-15-6-4-12-20(14-15)13-5-10-18-17(21)19-11-9-16-7-2-3-8-16/h15-16H,2-14H2,1H3,(H2,18,19,21). The van der Waals surface area contributed by atoms with E-state index >= 15 is 0 Å². The van der Waals surface area contributed by atoms with Crippen molar-refractivity contribution in [1.82, 2.24) is 15.5 Å². The summed E-state index contributed by atoms with van der Waals surface area (Å²) in [5, 5.41) is 5.97. The third kappa shape index (κ3) is 6.68. The van der Waals surface area contributed by atoms with E-state index in [1.165, 1.54) is 51.6 Å². The molecule has 1 atom stereocenters. The number of piperidine rings is 1. The van der Waals surface area contributed by atoms with Gasteiger partial charge >= 0.3 is 6.03 Å². The van der Waals surface area contributed by atoms with Gasteiger partial charge in [-0.2, -0.15) is 0 Å². The molecule has 122 valence electrons. The average Bonchev–Trinajstić information content (AvgIpc) is 2.97. The monoisotopic (exact) mass is 295 g/mol.